The van der Waals surface area contributed by atoms with Crippen LogP contribution in [0, 0.1) is 58.2 Å². The predicted octanol–water partition coefficient (Wildman–Crippen LogP) is 9.20. The molecule has 4 rings (SSSR count). The zero-order valence-corrected chi connectivity index (χ0v) is 23.5. The van der Waals surface area contributed by atoms with Gasteiger partial charge in [0.2, 0.25) is 69.7 Å². The molecule has 0 saturated carbocycles. The number of rotatable bonds is 12. The Morgan fingerprint density at radius 1 is 0.422 bits per heavy atom. The van der Waals surface area contributed by atoms with E-state index in [4.69, 9.17) is 9.05 Å². The maximum Gasteiger partial charge on any atom is 0.540 e. The fourth-order valence-electron chi connectivity index (χ4n) is 3.26. The van der Waals surface area contributed by atoms with Crippen molar-refractivity contribution in [3.63, 3.8) is 0 Å². The van der Waals surface area contributed by atoms with Crippen LogP contribution in [0.4, 0.5) is 43.9 Å². The van der Waals surface area contributed by atoms with Crippen molar-refractivity contribution in [2.45, 2.75) is 13.2 Å². The van der Waals surface area contributed by atoms with Gasteiger partial charge in [-0.15, -0.1) is 0 Å². The molecule has 0 aliphatic rings. The van der Waals surface area contributed by atoms with E-state index in [1.165, 1.54) is 60.7 Å². The molecule has 240 valence electrons. The molecule has 0 aromatic heterocycles. The van der Waals surface area contributed by atoms with E-state index in [0.29, 0.717) is 0 Å². The van der Waals surface area contributed by atoms with Crippen LogP contribution in [0.1, 0.15) is 11.1 Å². The normalized spacial score (nSPS) is 14.1. The van der Waals surface area contributed by atoms with Crippen LogP contribution < -0.4 is 9.05 Å². The maximum absolute atomic E-state index is 14.5. The van der Waals surface area contributed by atoms with Crippen molar-refractivity contribution in [2.24, 2.45) is 0 Å². The van der Waals surface area contributed by atoms with E-state index < -0.39 is 98.5 Å². The van der Waals surface area contributed by atoms with Crippen molar-refractivity contribution in [1.82, 2.24) is 0 Å². The van der Waals surface area contributed by atoms with Crippen LogP contribution in [0.3, 0.4) is 0 Å². The van der Waals surface area contributed by atoms with Gasteiger partial charge < -0.3 is 9.05 Å². The lowest BCUT2D eigenvalue weighted by Crippen LogP contribution is -2.12. The largest absolute Gasteiger partial charge is 0.540 e. The summed E-state index contributed by atoms with van der Waals surface area (Å²) in [5.41, 5.74) is 0.145. The van der Waals surface area contributed by atoms with Gasteiger partial charge in [0, 0.05) is 0 Å². The fourth-order valence-corrected chi connectivity index (χ4v) is 6.38. The van der Waals surface area contributed by atoms with Crippen molar-refractivity contribution < 1.29 is 75.4 Å². The maximum atomic E-state index is 14.5. The van der Waals surface area contributed by atoms with Gasteiger partial charge in [0.05, 0.1) is 13.2 Å². The third-order valence-corrected chi connectivity index (χ3v) is 8.71. The number of halogens is 10. The molecule has 0 radical (unpaired) electrons. The average molecular weight is 690 g/mol. The molecular weight excluding hydrogens is 676 g/mol. The molecule has 7 nitrogen and oxygen atoms in total. The van der Waals surface area contributed by atoms with Crippen molar-refractivity contribution in [3.8, 4) is 11.5 Å². The first-order valence-electron chi connectivity index (χ1n) is 11.9. The summed E-state index contributed by atoms with van der Waals surface area (Å²) in [5, 5.41) is 0. The van der Waals surface area contributed by atoms with E-state index in [1.807, 2.05) is 0 Å². The lowest BCUT2D eigenvalue weighted by atomic mass is 10.2. The Morgan fingerprint density at radius 2 is 0.689 bits per heavy atom. The predicted molar refractivity (Wildman–Crippen MR) is 132 cm³/mol. The minimum Gasteiger partial charge on any atom is -0.397 e. The van der Waals surface area contributed by atoms with Gasteiger partial charge in [-0.2, -0.15) is 21.9 Å². The van der Waals surface area contributed by atoms with Gasteiger partial charge in [0.25, 0.3) is 0 Å². The summed E-state index contributed by atoms with van der Waals surface area (Å²) in [4.78, 5) is 0. The Balaban J connectivity index is 1.82. The molecule has 0 heterocycles. The van der Waals surface area contributed by atoms with Crippen LogP contribution in [0.5, 0.6) is 11.5 Å². The molecule has 0 aliphatic heterocycles. The summed E-state index contributed by atoms with van der Waals surface area (Å²) in [6.45, 7) is -1.90. The lowest BCUT2D eigenvalue weighted by molar-refractivity contribution is 0.148. The highest BCUT2D eigenvalue weighted by Crippen LogP contribution is 2.66. The van der Waals surface area contributed by atoms with E-state index in [1.54, 1.807) is 0 Å². The van der Waals surface area contributed by atoms with E-state index in [-0.39, 0.29) is 11.1 Å². The minimum atomic E-state index is -6.11. The van der Waals surface area contributed by atoms with E-state index >= 15 is 0 Å². The zero-order valence-electron chi connectivity index (χ0n) is 21.7. The molecule has 4 aromatic rings. The Morgan fingerprint density at radius 3 is 0.978 bits per heavy atom. The van der Waals surface area contributed by atoms with E-state index in [9.17, 15) is 53.0 Å². The van der Waals surface area contributed by atoms with Gasteiger partial charge in [-0.05, 0) is 11.1 Å². The topological polar surface area (TPSA) is 80.3 Å². The Hall–Kier alpha value is -3.88. The summed E-state index contributed by atoms with van der Waals surface area (Å²) in [6, 6.07) is 13.7. The molecule has 0 saturated heterocycles. The number of phosphoric ester groups is 2. The highest BCUT2D eigenvalue weighted by molar-refractivity contribution is 7.62. The summed E-state index contributed by atoms with van der Waals surface area (Å²) in [7, 11) is -12.2. The van der Waals surface area contributed by atoms with Crippen LogP contribution in [-0.4, -0.2) is 0 Å². The molecule has 0 N–H and O–H groups in total. The highest BCUT2D eigenvalue weighted by Gasteiger charge is 2.47. The monoisotopic (exact) mass is 690 g/mol. The van der Waals surface area contributed by atoms with Gasteiger partial charge in [-0.3, -0.25) is 9.05 Å². The molecule has 2 unspecified atom stereocenters. The number of benzene rings is 4. The average Bonchev–Trinajstić information content (AvgIpc) is 3.04. The van der Waals surface area contributed by atoms with Crippen LogP contribution in [0.2, 0.25) is 0 Å². The summed E-state index contributed by atoms with van der Waals surface area (Å²) < 4.78 is 191. The second-order valence-electron chi connectivity index (χ2n) is 8.47. The highest BCUT2D eigenvalue weighted by atomic mass is 31.3. The van der Waals surface area contributed by atoms with Crippen molar-refractivity contribution in [2.75, 3.05) is 0 Å². The van der Waals surface area contributed by atoms with Gasteiger partial charge in [-0.25, -0.2) is 35.5 Å². The summed E-state index contributed by atoms with van der Waals surface area (Å²) in [6.07, 6.45) is 0. The van der Waals surface area contributed by atoms with E-state index in [2.05, 4.69) is 13.4 Å². The SMILES string of the molecule is O=P(OCc1ccccc1)(Oc1c(F)c(F)c(F)c(F)c1F)OP(=O)(OCc1ccccc1)Oc1c(F)c(F)c(F)c(F)c1F. The molecule has 0 spiro atoms. The molecule has 0 aliphatic carbocycles. The third kappa shape index (κ3) is 7.51. The molecule has 4 aromatic carbocycles. The molecule has 2 atom stereocenters. The van der Waals surface area contributed by atoms with E-state index in [0.717, 1.165) is 0 Å². The zero-order chi connectivity index (χ0) is 33.1. The molecular formula is C26H14F10O7P2. The van der Waals surface area contributed by atoms with Gasteiger partial charge in [0.15, 0.2) is 0 Å². The molecule has 0 fully saturated rings. The smallest absolute Gasteiger partial charge is 0.397 e. The first kappa shape index (κ1) is 34.0. The summed E-state index contributed by atoms with van der Waals surface area (Å²) >= 11 is 0. The summed E-state index contributed by atoms with van der Waals surface area (Å²) in [5.74, 6) is -31.2. The number of hydrogen-bond acceptors (Lipinski definition) is 7. The van der Waals surface area contributed by atoms with Crippen molar-refractivity contribution in [3.05, 3.63) is 130 Å². The number of phosphoric acid groups is 2. The Labute approximate surface area is 246 Å². The molecule has 19 heteroatoms. The van der Waals surface area contributed by atoms with Gasteiger partial charge in [-0.1, -0.05) is 60.7 Å². The molecule has 0 bridgehead atoms. The third-order valence-electron chi connectivity index (χ3n) is 5.41. The Bertz CT molecular complexity index is 1620. The standard InChI is InChI=1S/C26H14F10O7P2/c27-15-17(29)21(33)25(22(34)18(15)30)41-44(37,39-11-13-7-3-1-4-8-13)43-45(38,40-12-14-9-5-2-6-10-14)42-26-23(35)19(31)16(28)20(32)24(26)36/h1-10H,11-12H2. The minimum absolute atomic E-state index is 0.0723. The molecule has 0 amide bonds. The first-order valence-corrected chi connectivity index (χ1v) is 14.8. The first-order chi connectivity index (χ1) is 21.2. The van der Waals surface area contributed by atoms with Crippen molar-refractivity contribution >= 4 is 15.6 Å². The second-order valence-corrected chi connectivity index (χ2v) is 11.8. The van der Waals surface area contributed by atoms with Crippen LogP contribution in [0.25, 0.3) is 0 Å². The van der Waals surface area contributed by atoms with Gasteiger partial charge in [0.1, 0.15) is 0 Å². The number of hydrogen-bond donors (Lipinski definition) is 0. The van der Waals surface area contributed by atoms with Gasteiger partial charge >= 0.3 is 15.6 Å². The van der Waals surface area contributed by atoms with Crippen LogP contribution in [-0.2, 0) is 35.7 Å². The lowest BCUT2D eigenvalue weighted by Gasteiger charge is -2.24. The quantitative estimate of drug-likeness (QED) is 0.0635. The van der Waals surface area contributed by atoms with Crippen LogP contribution in [0.15, 0.2) is 60.7 Å². The molecule has 45 heavy (non-hydrogen) atoms. The fraction of sp³-hybridized carbons (Fsp3) is 0.0769. The Kier molecular flexibility index (Phi) is 10.3. The van der Waals surface area contributed by atoms with Crippen molar-refractivity contribution in [1.29, 1.82) is 0 Å². The second kappa shape index (κ2) is 13.6. The van der Waals surface area contributed by atoms with Crippen LogP contribution >= 0.6 is 15.6 Å².